The zero-order valence-corrected chi connectivity index (χ0v) is 16.4. The number of benzene rings is 1. The van der Waals surface area contributed by atoms with Crippen molar-refractivity contribution in [3.8, 4) is 0 Å². The number of nitrogens with one attached hydrogen (secondary N) is 1. The Balaban J connectivity index is 1.55. The Morgan fingerprint density at radius 1 is 1.25 bits per heavy atom. The number of nitrogens with zero attached hydrogens (tertiary/aromatic N) is 2. The summed E-state index contributed by atoms with van der Waals surface area (Å²) in [4.78, 5) is 24.6. The molecule has 8 heteroatoms. The Bertz CT molecular complexity index is 942. The van der Waals surface area contributed by atoms with Crippen molar-refractivity contribution >= 4 is 29.2 Å². The predicted octanol–water partition coefficient (Wildman–Crippen LogP) is 3.02. The third kappa shape index (κ3) is 3.18. The number of carboxylic acids is 1. The fraction of sp³-hybridized carbons (Fsp3) is 0.450. The van der Waals surface area contributed by atoms with Gasteiger partial charge in [0.2, 0.25) is 5.91 Å². The minimum Gasteiger partial charge on any atom is -0.481 e. The summed E-state index contributed by atoms with van der Waals surface area (Å²) >= 11 is 6.24. The summed E-state index contributed by atoms with van der Waals surface area (Å²) in [5.74, 6) is -2.77. The molecule has 0 unspecified atom stereocenters. The van der Waals surface area contributed by atoms with Crippen LogP contribution in [-0.4, -0.2) is 39.0 Å². The lowest BCUT2D eigenvalue weighted by Crippen LogP contribution is -2.41. The number of aliphatic carboxylic acids is 1. The van der Waals surface area contributed by atoms with Crippen LogP contribution in [0, 0.1) is 25.7 Å². The molecule has 148 valence electrons. The second-order valence-corrected chi connectivity index (χ2v) is 7.87. The number of hydrogen-bond acceptors (Lipinski definition) is 4. The van der Waals surface area contributed by atoms with E-state index in [4.69, 9.17) is 16.3 Å². The average Bonchev–Trinajstić information content (AvgIpc) is 3.33. The Kier molecular flexibility index (Phi) is 4.89. The molecule has 4 rings (SSSR count). The molecule has 4 atom stereocenters. The second-order valence-electron chi connectivity index (χ2n) is 7.46. The Labute approximate surface area is 167 Å². The summed E-state index contributed by atoms with van der Waals surface area (Å²) in [5, 5.41) is 17.6. The summed E-state index contributed by atoms with van der Waals surface area (Å²) in [6.07, 6.45) is 0.712. The van der Waals surface area contributed by atoms with Crippen LogP contribution in [0.15, 0.2) is 24.3 Å². The van der Waals surface area contributed by atoms with Crippen molar-refractivity contribution in [1.82, 2.24) is 9.78 Å². The topological polar surface area (TPSA) is 93.5 Å². The lowest BCUT2D eigenvalue weighted by atomic mass is 9.78. The Morgan fingerprint density at radius 3 is 2.61 bits per heavy atom. The van der Waals surface area contributed by atoms with Crippen LogP contribution in [0.5, 0.6) is 0 Å². The van der Waals surface area contributed by atoms with Crippen LogP contribution in [0.2, 0.25) is 5.02 Å². The standard InChI is InChI=1S/C20H22ClN3O4/c1-10-18(11(2)24(23-10)9-12-5-3-4-6-13(12)21)22-19(25)16-14-7-8-15(28-14)17(16)20(26)27/h3-6,14-17H,7-9H2,1-2H3,(H,22,25)(H,26,27)/t14-,15-,16-,17+/m1/s1. The molecule has 2 aromatic rings. The van der Waals surface area contributed by atoms with Crippen LogP contribution in [-0.2, 0) is 20.9 Å². The van der Waals surface area contributed by atoms with E-state index in [0.717, 1.165) is 17.7 Å². The average molecular weight is 404 g/mol. The van der Waals surface area contributed by atoms with E-state index in [2.05, 4.69) is 10.4 Å². The summed E-state index contributed by atoms with van der Waals surface area (Å²) < 4.78 is 7.49. The number of aryl methyl sites for hydroxylation is 1. The maximum atomic E-state index is 12.9. The van der Waals surface area contributed by atoms with Crippen LogP contribution in [0.3, 0.4) is 0 Å². The van der Waals surface area contributed by atoms with Crippen molar-refractivity contribution in [3.05, 3.63) is 46.2 Å². The molecule has 1 amide bonds. The molecule has 0 aliphatic carbocycles. The number of halogens is 1. The zero-order valence-electron chi connectivity index (χ0n) is 15.7. The smallest absolute Gasteiger partial charge is 0.310 e. The van der Waals surface area contributed by atoms with Crippen molar-refractivity contribution in [2.45, 2.75) is 45.4 Å². The fourth-order valence-corrected chi connectivity index (χ4v) is 4.55. The second kappa shape index (κ2) is 7.22. The lowest BCUT2D eigenvalue weighted by molar-refractivity contribution is -0.147. The van der Waals surface area contributed by atoms with E-state index in [-0.39, 0.29) is 18.1 Å². The van der Waals surface area contributed by atoms with Crippen molar-refractivity contribution in [2.24, 2.45) is 11.8 Å². The maximum absolute atomic E-state index is 12.9. The number of hydrogen-bond donors (Lipinski definition) is 2. The summed E-state index contributed by atoms with van der Waals surface area (Å²) in [7, 11) is 0. The first-order chi connectivity index (χ1) is 13.4. The van der Waals surface area contributed by atoms with Gasteiger partial charge in [-0.25, -0.2) is 0 Å². The Hall–Kier alpha value is -2.38. The predicted molar refractivity (Wildman–Crippen MR) is 103 cm³/mol. The number of carboxylic acid groups (broad SMARTS) is 1. The number of aromatic nitrogens is 2. The van der Waals surface area contributed by atoms with Gasteiger partial charge in [0, 0.05) is 5.02 Å². The van der Waals surface area contributed by atoms with Crippen molar-refractivity contribution in [2.75, 3.05) is 5.32 Å². The SMILES string of the molecule is Cc1nn(Cc2ccccc2Cl)c(C)c1NC(=O)[C@H]1[C@@H](C(=O)O)[C@H]2CC[C@H]1O2. The zero-order chi connectivity index (χ0) is 20.0. The Morgan fingerprint density at radius 2 is 1.93 bits per heavy atom. The third-order valence-corrected chi connectivity index (χ3v) is 6.14. The van der Waals surface area contributed by atoms with E-state index in [1.54, 1.807) is 4.68 Å². The van der Waals surface area contributed by atoms with Crippen molar-refractivity contribution in [3.63, 3.8) is 0 Å². The van der Waals surface area contributed by atoms with Crippen LogP contribution in [0.25, 0.3) is 0 Å². The van der Waals surface area contributed by atoms with Gasteiger partial charge in [-0.2, -0.15) is 5.10 Å². The van der Waals surface area contributed by atoms with E-state index in [0.29, 0.717) is 29.4 Å². The van der Waals surface area contributed by atoms with Crippen molar-refractivity contribution < 1.29 is 19.4 Å². The molecule has 0 saturated carbocycles. The van der Waals surface area contributed by atoms with Gasteiger partial charge in [0.15, 0.2) is 0 Å². The van der Waals surface area contributed by atoms with Crippen LogP contribution in [0.1, 0.15) is 29.8 Å². The molecule has 1 aromatic carbocycles. The van der Waals surface area contributed by atoms with Gasteiger partial charge in [-0.1, -0.05) is 29.8 Å². The molecule has 2 saturated heterocycles. The van der Waals surface area contributed by atoms with Gasteiger partial charge in [-0.15, -0.1) is 0 Å². The van der Waals surface area contributed by atoms with E-state index in [9.17, 15) is 14.7 Å². The molecule has 1 aromatic heterocycles. The molecule has 3 heterocycles. The molecule has 28 heavy (non-hydrogen) atoms. The highest BCUT2D eigenvalue weighted by Crippen LogP contribution is 2.44. The van der Waals surface area contributed by atoms with E-state index in [1.807, 2.05) is 38.1 Å². The number of amides is 1. The molecule has 2 N–H and O–H groups in total. The number of ether oxygens (including phenoxy) is 1. The number of carbonyl (C=O) groups is 2. The monoisotopic (exact) mass is 403 g/mol. The highest BCUT2D eigenvalue weighted by molar-refractivity contribution is 6.31. The first kappa shape index (κ1) is 19.0. The number of carbonyl (C=O) groups excluding carboxylic acids is 1. The first-order valence-electron chi connectivity index (χ1n) is 9.33. The van der Waals surface area contributed by atoms with Crippen molar-refractivity contribution in [1.29, 1.82) is 0 Å². The third-order valence-electron chi connectivity index (χ3n) is 5.77. The van der Waals surface area contributed by atoms with Gasteiger partial charge in [-0.05, 0) is 38.3 Å². The van der Waals surface area contributed by atoms with Gasteiger partial charge >= 0.3 is 5.97 Å². The molecule has 2 aliphatic rings. The molecule has 2 aliphatic heterocycles. The minimum absolute atomic E-state index is 0.317. The fourth-order valence-electron chi connectivity index (χ4n) is 4.35. The first-order valence-corrected chi connectivity index (χ1v) is 9.71. The largest absolute Gasteiger partial charge is 0.481 e. The van der Waals surface area contributed by atoms with E-state index >= 15 is 0 Å². The van der Waals surface area contributed by atoms with Crippen LogP contribution in [0.4, 0.5) is 5.69 Å². The molecular weight excluding hydrogens is 382 g/mol. The number of fused-ring (bicyclic) bond motifs is 2. The minimum atomic E-state index is -0.977. The summed E-state index contributed by atoms with van der Waals surface area (Å²) in [6.45, 7) is 4.17. The number of rotatable bonds is 5. The number of anilines is 1. The van der Waals surface area contributed by atoms with Gasteiger partial charge in [0.05, 0.1) is 47.7 Å². The maximum Gasteiger partial charge on any atom is 0.310 e. The van der Waals surface area contributed by atoms with Gasteiger partial charge < -0.3 is 15.2 Å². The molecule has 2 bridgehead atoms. The van der Waals surface area contributed by atoms with E-state index < -0.39 is 17.8 Å². The molecule has 7 nitrogen and oxygen atoms in total. The highest BCUT2D eigenvalue weighted by atomic mass is 35.5. The van der Waals surface area contributed by atoms with Gasteiger partial charge in [0.25, 0.3) is 0 Å². The van der Waals surface area contributed by atoms with E-state index in [1.165, 1.54) is 0 Å². The van der Waals surface area contributed by atoms with Crippen LogP contribution < -0.4 is 5.32 Å². The lowest BCUT2D eigenvalue weighted by Gasteiger charge is -2.23. The molecule has 2 fully saturated rings. The van der Waals surface area contributed by atoms with Crippen LogP contribution >= 0.6 is 11.6 Å². The molecule has 0 spiro atoms. The van der Waals surface area contributed by atoms with Gasteiger partial charge in [-0.3, -0.25) is 14.3 Å². The molecular formula is C20H22ClN3O4. The normalized spacial score (nSPS) is 25.8. The highest BCUT2D eigenvalue weighted by Gasteiger charge is 2.55. The van der Waals surface area contributed by atoms with Gasteiger partial charge in [0.1, 0.15) is 0 Å². The molecule has 0 radical (unpaired) electrons. The quantitative estimate of drug-likeness (QED) is 0.800. The summed E-state index contributed by atoms with van der Waals surface area (Å²) in [6, 6.07) is 7.54. The summed E-state index contributed by atoms with van der Waals surface area (Å²) in [5.41, 5.74) is 3.01.